The Balaban J connectivity index is 1.70. The molecule has 0 saturated heterocycles. The molecular weight excluding hydrogens is 468 g/mol. The van der Waals surface area contributed by atoms with Gasteiger partial charge in [-0.3, -0.25) is 14.5 Å². The Hall–Kier alpha value is -2.91. The summed E-state index contributed by atoms with van der Waals surface area (Å²) in [5.74, 6) is 0.0717. The van der Waals surface area contributed by atoms with Crippen LogP contribution in [0.3, 0.4) is 0 Å². The molecule has 0 bridgehead atoms. The second-order valence-corrected chi connectivity index (χ2v) is 10.00. The molecule has 1 heterocycles. The van der Waals surface area contributed by atoms with Crippen molar-refractivity contribution >= 4 is 23.5 Å². The van der Waals surface area contributed by atoms with Gasteiger partial charge in [0.1, 0.15) is 0 Å². The van der Waals surface area contributed by atoms with Crippen molar-refractivity contribution in [2.24, 2.45) is 11.7 Å². The monoisotopic (exact) mass is 513 g/mol. The first-order valence-electron chi connectivity index (χ1n) is 13.5. The van der Waals surface area contributed by atoms with Crippen LogP contribution in [0.2, 0.25) is 0 Å². The van der Waals surface area contributed by atoms with Gasteiger partial charge >= 0.3 is 6.03 Å². The van der Waals surface area contributed by atoms with Crippen molar-refractivity contribution in [1.82, 2.24) is 20.9 Å². The smallest absolute Gasteiger partial charge is 0.312 e. The van der Waals surface area contributed by atoms with Crippen molar-refractivity contribution in [2.75, 3.05) is 38.0 Å². The molecule has 9 nitrogen and oxygen atoms in total. The number of urea groups is 1. The third-order valence-corrected chi connectivity index (χ3v) is 6.58. The zero-order valence-electron chi connectivity index (χ0n) is 22.4. The van der Waals surface area contributed by atoms with Gasteiger partial charge in [-0.05, 0) is 62.8 Å². The number of unbranched alkanes of at least 4 members (excludes halogenated alkanes) is 3. The Bertz CT molecular complexity index is 853. The summed E-state index contributed by atoms with van der Waals surface area (Å²) < 4.78 is 0. The number of anilines is 1. The molecular formula is C28H45N6O3. The SMILES string of the molecule is [CH2]c1ccc(NC[C@@H](CCCNC(N)=O)NC[C@H](NCCCCCCN2C(=O)C=CC2=O)C(C)C)cc1. The number of benzene rings is 1. The van der Waals surface area contributed by atoms with Gasteiger partial charge in [0.05, 0.1) is 0 Å². The molecule has 0 saturated carbocycles. The maximum Gasteiger partial charge on any atom is 0.312 e. The molecule has 0 aliphatic carbocycles. The summed E-state index contributed by atoms with van der Waals surface area (Å²) in [4.78, 5) is 35.5. The van der Waals surface area contributed by atoms with Gasteiger partial charge in [0.2, 0.25) is 0 Å². The molecule has 1 aliphatic heterocycles. The predicted molar refractivity (Wildman–Crippen MR) is 149 cm³/mol. The Labute approximate surface area is 222 Å². The molecule has 1 radical (unpaired) electrons. The second kappa shape index (κ2) is 16.8. The highest BCUT2D eigenvalue weighted by atomic mass is 16.2. The van der Waals surface area contributed by atoms with E-state index in [0.717, 1.165) is 69.4 Å². The lowest BCUT2D eigenvalue weighted by atomic mass is 10.0. The molecule has 9 heteroatoms. The van der Waals surface area contributed by atoms with Gasteiger partial charge in [-0.1, -0.05) is 38.8 Å². The van der Waals surface area contributed by atoms with E-state index in [2.05, 4.69) is 42.0 Å². The number of nitrogens with two attached hydrogens (primary N) is 1. The van der Waals surface area contributed by atoms with Crippen molar-refractivity contribution in [1.29, 1.82) is 0 Å². The molecule has 0 unspecified atom stereocenters. The first-order valence-corrected chi connectivity index (χ1v) is 13.5. The third-order valence-electron chi connectivity index (χ3n) is 6.58. The van der Waals surface area contributed by atoms with Crippen LogP contribution in [-0.2, 0) is 9.59 Å². The number of amides is 4. The Kier molecular flexibility index (Phi) is 13.7. The quantitative estimate of drug-likeness (QED) is 0.143. The average Bonchev–Trinajstić information content (AvgIpc) is 3.18. The van der Waals surface area contributed by atoms with Gasteiger partial charge in [0, 0.05) is 56.1 Å². The highest BCUT2D eigenvalue weighted by Gasteiger charge is 2.22. The average molecular weight is 514 g/mol. The topological polar surface area (TPSA) is 129 Å². The maximum atomic E-state index is 11.6. The summed E-state index contributed by atoms with van der Waals surface area (Å²) in [6.45, 7) is 12.0. The summed E-state index contributed by atoms with van der Waals surface area (Å²) in [5.41, 5.74) is 7.23. The van der Waals surface area contributed by atoms with Crippen LogP contribution in [0.1, 0.15) is 57.9 Å². The molecule has 1 aromatic carbocycles. The zero-order chi connectivity index (χ0) is 27.0. The standard InChI is InChI=1S/C28H45N6O3/c1-21(2)25(30-16-6-4-5-7-18-34-26(35)14-15-27(34)36)20-33-24(9-8-17-31-28(29)37)19-32-23-12-10-22(3)11-13-23/h10-15,21,24-25,30,32-33H,3-9,16-20H2,1-2H3,(H3,29,31,37)/t24-,25+/m1/s1. The van der Waals surface area contributed by atoms with E-state index in [0.29, 0.717) is 25.0 Å². The zero-order valence-corrected chi connectivity index (χ0v) is 22.4. The first-order chi connectivity index (χ1) is 17.8. The fourth-order valence-electron chi connectivity index (χ4n) is 4.22. The Morgan fingerprint density at radius 3 is 2.24 bits per heavy atom. The molecule has 0 fully saturated rings. The fraction of sp³-hybridized carbons (Fsp3) is 0.571. The van der Waals surface area contributed by atoms with Crippen molar-refractivity contribution in [3.63, 3.8) is 0 Å². The molecule has 2 rings (SSSR count). The molecule has 1 aromatic rings. The summed E-state index contributed by atoms with van der Waals surface area (Å²) >= 11 is 0. The number of nitrogens with zero attached hydrogens (tertiary/aromatic N) is 1. The Morgan fingerprint density at radius 2 is 1.59 bits per heavy atom. The van der Waals surface area contributed by atoms with E-state index < -0.39 is 6.03 Å². The van der Waals surface area contributed by atoms with E-state index >= 15 is 0 Å². The van der Waals surface area contributed by atoms with E-state index in [1.165, 1.54) is 17.1 Å². The molecule has 37 heavy (non-hydrogen) atoms. The Morgan fingerprint density at radius 1 is 0.919 bits per heavy atom. The van der Waals surface area contributed by atoms with Gasteiger partial charge in [-0.15, -0.1) is 0 Å². The van der Waals surface area contributed by atoms with Crippen molar-refractivity contribution in [2.45, 2.75) is 64.5 Å². The summed E-state index contributed by atoms with van der Waals surface area (Å²) in [7, 11) is 0. The van der Waals surface area contributed by atoms with Gasteiger partial charge in [-0.2, -0.15) is 0 Å². The lowest BCUT2D eigenvalue weighted by Gasteiger charge is -2.27. The third kappa shape index (κ3) is 12.3. The summed E-state index contributed by atoms with van der Waals surface area (Å²) in [6, 6.07) is 8.13. The number of carbonyl (C=O) groups is 3. The van der Waals surface area contributed by atoms with Crippen molar-refractivity contribution < 1.29 is 14.4 Å². The van der Waals surface area contributed by atoms with Crippen LogP contribution in [0.4, 0.5) is 10.5 Å². The molecule has 0 aromatic heterocycles. The van der Waals surface area contributed by atoms with E-state index in [-0.39, 0.29) is 17.9 Å². The number of primary amides is 1. The molecule has 205 valence electrons. The van der Waals surface area contributed by atoms with Crippen LogP contribution < -0.4 is 27.0 Å². The van der Waals surface area contributed by atoms with E-state index in [4.69, 9.17) is 5.73 Å². The lowest BCUT2D eigenvalue weighted by molar-refractivity contribution is -0.136. The van der Waals surface area contributed by atoms with Gasteiger partial charge < -0.3 is 27.0 Å². The van der Waals surface area contributed by atoms with Crippen LogP contribution in [-0.4, -0.2) is 67.6 Å². The molecule has 2 atom stereocenters. The highest BCUT2D eigenvalue weighted by Crippen LogP contribution is 2.11. The number of carbonyl (C=O) groups excluding carboxylic acids is 3. The number of nitrogens with one attached hydrogen (secondary N) is 4. The van der Waals surface area contributed by atoms with Crippen LogP contribution in [0.5, 0.6) is 0 Å². The van der Waals surface area contributed by atoms with Crippen molar-refractivity contribution in [3.05, 3.63) is 48.9 Å². The molecule has 4 amide bonds. The maximum absolute atomic E-state index is 11.6. The summed E-state index contributed by atoms with van der Waals surface area (Å²) in [6.07, 6.45) is 8.36. The molecule has 6 N–H and O–H groups in total. The number of hydrogen-bond donors (Lipinski definition) is 5. The molecule has 0 spiro atoms. The van der Waals surface area contributed by atoms with Gasteiger partial charge in [0.15, 0.2) is 0 Å². The number of hydrogen-bond acceptors (Lipinski definition) is 6. The highest BCUT2D eigenvalue weighted by molar-refractivity contribution is 6.12. The minimum Gasteiger partial charge on any atom is -0.383 e. The van der Waals surface area contributed by atoms with Crippen LogP contribution in [0, 0.1) is 12.8 Å². The van der Waals surface area contributed by atoms with E-state index in [1.54, 1.807) is 0 Å². The normalized spacial score (nSPS) is 14.9. The van der Waals surface area contributed by atoms with Crippen LogP contribution in [0.15, 0.2) is 36.4 Å². The fourth-order valence-corrected chi connectivity index (χ4v) is 4.22. The predicted octanol–water partition coefficient (Wildman–Crippen LogP) is 2.79. The van der Waals surface area contributed by atoms with E-state index in [1.807, 2.05) is 24.3 Å². The van der Waals surface area contributed by atoms with Crippen LogP contribution in [0.25, 0.3) is 0 Å². The minimum absolute atomic E-state index is 0.201. The number of imide groups is 1. The largest absolute Gasteiger partial charge is 0.383 e. The summed E-state index contributed by atoms with van der Waals surface area (Å²) in [5, 5.41) is 13.6. The van der Waals surface area contributed by atoms with Crippen molar-refractivity contribution in [3.8, 4) is 0 Å². The number of rotatable bonds is 19. The lowest BCUT2D eigenvalue weighted by Crippen LogP contribution is -2.47. The van der Waals surface area contributed by atoms with Gasteiger partial charge in [0.25, 0.3) is 11.8 Å². The second-order valence-electron chi connectivity index (χ2n) is 10.00. The first kappa shape index (κ1) is 30.3. The van der Waals surface area contributed by atoms with E-state index in [9.17, 15) is 14.4 Å². The molecule has 1 aliphatic rings. The van der Waals surface area contributed by atoms with Crippen LogP contribution >= 0.6 is 0 Å². The minimum atomic E-state index is -0.491. The van der Waals surface area contributed by atoms with Gasteiger partial charge in [-0.25, -0.2) is 4.79 Å².